The van der Waals surface area contributed by atoms with Crippen LogP contribution in [0.3, 0.4) is 0 Å². The van der Waals surface area contributed by atoms with Crippen molar-refractivity contribution in [2.24, 2.45) is 0 Å². The van der Waals surface area contributed by atoms with E-state index in [9.17, 15) is 13.5 Å². The fourth-order valence-corrected chi connectivity index (χ4v) is 5.27. The Kier molecular flexibility index (Phi) is 6.39. The van der Waals surface area contributed by atoms with Crippen LogP contribution in [0.4, 0.5) is 5.69 Å². The number of nitrogen functional groups attached to an aromatic ring is 1. The Morgan fingerprint density at radius 1 is 0.844 bits per heavy atom. The van der Waals surface area contributed by atoms with Crippen LogP contribution in [0.5, 0.6) is 11.5 Å². The summed E-state index contributed by atoms with van der Waals surface area (Å²) < 4.78 is 37.8. The fraction of sp³-hybridized carbons (Fsp3) is 0.280. The average Bonchev–Trinajstić information content (AvgIpc) is 2.81. The molecule has 0 unspecified atom stereocenters. The van der Waals surface area contributed by atoms with Gasteiger partial charge in [0.15, 0.2) is 0 Å². The zero-order chi connectivity index (χ0) is 22.7. The quantitative estimate of drug-likeness (QED) is 0.520. The third kappa shape index (κ3) is 4.74. The van der Waals surface area contributed by atoms with Crippen molar-refractivity contribution in [1.29, 1.82) is 0 Å². The molecule has 0 radical (unpaired) electrons. The van der Waals surface area contributed by atoms with Gasteiger partial charge in [-0.05, 0) is 85.8 Å². The summed E-state index contributed by atoms with van der Waals surface area (Å²) in [5.41, 5.74) is 7.43. The van der Waals surface area contributed by atoms with Crippen LogP contribution in [0.2, 0.25) is 0 Å². The lowest BCUT2D eigenvalue weighted by molar-refractivity contribution is 0.0327. The molecule has 1 aliphatic carbocycles. The highest BCUT2D eigenvalue weighted by atomic mass is 32.2. The average molecular weight is 454 g/mol. The van der Waals surface area contributed by atoms with Crippen LogP contribution in [-0.2, 0) is 14.6 Å². The molecule has 1 aliphatic rings. The lowest BCUT2D eigenvalue weighted by atomic mass is 9.95. The lowest BCUT2D eigenvalue weighted by Crippen LogP contribution is -2.27. The first-order valence-corrected chi connectivity index (χ1v) is 12.1. The van der Waals surface area contributed by atoms with Gasteiger partial charge in [0.2, 0.25) is 9.84 Å². The van der Waals surface area contributed by atoms with Crippen molar-refractivity contribution < 1.29 is 23.0 Å². The molecule has 6 nitrogen and oxygen atoms in total. The van der Waals surface area contributed by atoms with Gasteiger partial charge in [0.1, 0.15) is 11.5 Å². The van der Waals surface area contributed by atoms with Gasteiger partial charge in [-0.15, -0.1) is 0 Å². The van der Waals surface area contributed by atoms with Crippen LogP contribution in [0.1, 0.15) is 25.7 Å². The van der Waals surface area contributed by atoms with Gasteiger partial charge in [-0.3, -0.25) is 0 Å². The van der Waals surface area contributed by atoms with Crippen LogP contribution < -0.4 is 10.5 Å². The number of rotatable bonds is 6. The summed E-state index contributed by atoms with van der Waals surface area (Å²) in [7, 11) is -2.03. The molecule has 32 heavy (non-hydrogen) atoms. The van der Waals surface area contributed by atoms with Crippen LogP contribution in [-0.4, -0.2) is 32.8 Å². The van der Waals surface area contributed by atoms with E-state index in [1.807, 2.05) is 0 Å². The first-order valence-electron chi connectivity index (χ1n) is 10.6. The van der Waals surface area contributed by atoms with E-state index in [-0.39, 0.29) is 21.6 Å². The van der Waals surface area contributed by atoms with E-state index in [0.717, 1.165) is 25.7 Å². The van der Waals surface area contributed by atoms with Gasteiger partial charge in [0, 0.05) is 18.4 Å². The molecule has 0 aromatic heterocycles. The predicted molar refractivity (Wildman–Crippen MR) is 124 cm³/mol. The van der Waals surface area contributed by atoms with Gasteiger partial charge in [0.25, 0.3) is 0 Å². The minimum Gasteiger partial charge on any atom is -0.507 e. The molecule has 0 spiro atoms. The maximum absolute atomic E-state index is 13.2. The molecule has 1 saturated carbocycles. The standard InChI is InChI=1S/C25H27NO5S/c1-30-19-6-8-20(9-7-19)31-21-10-12-22(13-11-21)32(28,29)23-14-15-25(27)24(16-23)17-2-4-18(26)5-3-17/h2-5,10-16,19-20,27H,6-9,26H2,1H3. The SMILES string of the molecule is COC1CCC(Oc2ccc(S(=O)(=O)c3ccc(O)c(-c4ccc(N)cc4)c3)cc2)CC1. The number of hydrogen-bond acceptors (Lipinski definition) is 6. The van der Waals surface area contributed by atoms with Gasteiger partial charge in [-0.25, -0.2) is 8.42 Å². The molecule has 0 heterocycles. The van der Waals surface area contributed by atoms with Crippen molar-refractivity contribution >= 4 is 15.5 Å². The van der Waals surface area contributed by atoms with Crippen molar-refractivity contribution in [3.05, 3.63) is 66.7 Å². The summed E-state index contributed by atoms with van der Waals surface area (Å²) in [5, 5.41) is 10.3. The van der Waals surface area contributed by atoms with Crippen molar-refractivity contribution in [2.75, 3.05) is 12.8 Å². The summed E-state index contributed by atoms with van der Waals surface area (Å²) in [5.74, 6) is 0.652. The number of ether oxygens (including phenoxy) is 2. The third-order valence-corrected chi connectivity index (χ3v) is 7.66. The van der Waals surface area contributed by atoms with Crippen LogP contribution in [0.15, 0.2) is 76.5 Å². The van der Waals surface area contributed by atoms with Crippen molar-refractivity contribution in [3.8, 4) is 22.6 Å². The Bertz CT molecular complexity index is 1170. The van der Waals surface area contributed by atoms with Gasteiger partial charge in [0.05, 0.1) is 22.0 Å². The molecule has 168 valence electrons. The smallest absolute Gasteiger partial charge is 0.206 e. The predicted octanol–water partition coefficient (Wildman–Crippen LogP) is 4.81. The largest absolute Gasteiger partial charge is 0.507 e. The molecule has 4 rings (SSSR count). The molecule has 0 atom stereocenters. The molecule has 7 heteroatoms. The zero-order valence-electron chi connectivity index (χ0n) is 17.9. The van der Waals surface area contributed by atoms with E-state index in [1.165, 1.54) is 18.2 Å². The number of phenols is 1. The molecular formula is C25H27NO5S. The molecule has 3 N–H and O–H groups in total. The molecule has 0 aliphatic heterocycles. The molecule has 3 aromatic carbocycles. The normalized spacial score (nSPS) is 18.9. The van der Waals surface area contributed by atoms with Crippen molar-refractivity contribution in [2.45, 2.75) is 47.7 Å². The molecule has 3 aromatic rings. The molecule has 0 bridgehead atoms. The molecule has 1 fully saturated rings. The van der Waals surface area contributed by atoms with Crippen LogP contribution in [0, 0.1) is 0 Å². The summed E-state index contributed by atoms with van der Waals surface area (Å²) in [4.78, 5) is 0.274. The van der Waals surface area contributed by atoms with Crippen molar-refractivity contribution in [3.63, 3.8) is 0 Å². The Labute approximate surface area is 188 Å². The number of aromatic hydroxyl groups is 1. The van der Waals surface area contributed by atoms with E-state index in [2.05, 4.69) is 0 Å². The van der Waals surface area contributed by atoms with Gasteiger partial charge < -0.3 is 20.3 Å². The first-order chi connectivity index (χ1) is 15.4. The minimum atomic E-state index is -3.76. The molecule has 0 amide bonds. The van der Waals surface area contributed by atoms with E-state index in [4.69, 9.17) is 15.2 Å². The summed E-state index contributed by atoms with van der Waals surface area (Å²) in [6, 6.07) is 17.7. The van der Waals surface area contributed by atoms with Gasteiger partial charge in [-0.1, -0.05) is 12.1 Å². The second-order valence-electron chi connectivity index (χ2n) is 8.03. The summed E-state index contributed by atoms with van der Waals surface area (Å²) >= 11 is 0. The highest BCUT2D eigenvalue weighted by Gasteiger charge is 2.23. The number of methoxy groups -OCH3 is 1. The second-order valence-corrected chi connectivity index (χ2v) is 9.98. The summed E-state index contributed by atoms with van der Waals surface area (Å²) in [6.45, 7) is 0. The topological polar surface area (TPSA) is 98.8 Å². The van der Waals surface area contributed by atoms with Gasteiger partial charge >= 0.3 is 0 Å². The highest BCUT2D eigenvalue weighted by Crippen LogP contribution is 2.34. The highest BCUT2D eigenvalue weighted by molar-refractivity contribution is 7.91. The van der Waals surface area contributed by atoms with Gasteiger partial charge in [-0.2, -0.15) is 0 Å². The second kappa shape index (κ2) is 9.22. The van der Waals surface area contributed by atoms with Crippen molar-refractivity contribution in [1.82, 2.24) is 0 Å². The number of nitrogens with two attached hydrogens (primary N) is 1. The van der Waals surface area contributed by atoms with E-state index >= 15 is 0 Å². The lowest BCUT2D eigenvalue weighted by Gasteiger charge is -2.28. The minimum absolute atomic E-state index is 0.000614. The number of hydrogen-bond donors (Lipinski definition) is 2. The monoisotopic (exact) mass is 453 g/mol. The maximum atomic E-state index is 13.2. The first kappa shape index (κ1) is 22.2. The molecular weight excluding hydrogens is 426 g/mol. The number of phenolic OH excluding ortho intramolecular Hbond substituents is 1. The van der Waals surface area contributed by atoms with E-state index < -0.39 is 9.84 Å². The Morgan fingerprint density at radius 3 is 2.06 bits per heavy atom. The Balaban J connectivity index is 1.53. The molecule has 0 saturated heterocycles. The van der Waals surface area contributed by atoms with E-state index in [1.54, 1.807) is 55.6 Å². The third-order valence-electron chi connectivity index (χ3n) is 5.89. The summed E-state index contributed by atoms with van der Waals surface area (Å²) in [6.07, 6.45) is 4.17. The van der Waals surface area contributed by atoms with E-state index in [0.29, 0.717) is 28.7 Å². The van der Waals surface area contributed by atoms with Crippen LogP contribution in [0.25, 0.3) is 11.1 Å². The fourth-order valence-electron chi connectivity index (χ4n) is 3.99. The Hall–Kier alpha value is -3.03. The number of sulfone groups is 1. The Morgan fingerprint density at radius 2 is 1.44 bits per heavy atom. The number of benzene rings is 3. The van der Waals surface area contributed by atoms with Crippen LogP contribution >= 0.6 is 0 Å². The number of anilines is 1. The zero-order valence-corrected chi connectivity index (χ0v) is 18.7. The maximum Gasteiger partial charge on any atom is 0.206 e.